The number of hydrogen-bond acceptors (Lipinski definition) is 4. The van der Waals surface area contributed by atoms with E-state index in [2.05, 4.69) is 10.2 Å². The molecule has 0 saturated carbocycles. The molecule has 3 rings (SSSR count). The molecule has 5 nitrogen and oxygen atoms in total. The molecule has 1 fully saturated rings. The minimum Gasteiger partial charge on any atom is -0.496 e. The van der Waals surface area contributed by atoms with Crippen molar-refractivity contribution in [2.45, 2.75) is 31.9 Å². The highest BCUT2D eigenvalue weighted by Gasteiger charge is 2.35. The number of methoxy groups -OCH3 is 1. The minimum atomic E-state index is -4.71. The van der Waals surface area contributed by atoms with Crippen LogP contribution in [0.2, 0.25) is 10.0 Å². The number of rotatable bonds is 8. The van der Waals surface area contributed by atoms with Crippen LogP contribution in [0.3, 0.4) is 0 Å². The van der Waals surface area contributed by atoms with E-state index in [4.69, 9.17) is 32.7 Å². The standard InChI is InChI=1S/C24H27Cl2F3N2O3/c1-15-5-6-16(12-22(15)33-2)17(4-3-7-31-8-10-34-11-9-31)23(32)30-21-14-20(26)19(25)13-18(21)24(27,28)29/h5-6,12-14,17H,3-4,7-11H2,1-2H3,(H,30,32). The van der Waals surface area contributed by atoms with Gasteiger partial charge in [0, 0.05) is 13.1 Å². The van der Waals surface area contributed by atoms with Crippen molar-refractivity contribution in [3.63, 3.8) is 0 Å². The topological polar surface area (TPSA) is 50.8 Å². The Bertz CT molecular complexity index is 1010. The summed E-state index contributed by atoms with van der Waals surface area (Å²) in [4.78, 5) is 15.6. The molecule has 0 radical (unpaired) electrons. The zero-order chi connectivity index (χ0) is 24.9. The number of alkyl halides is 3. The monoisotopic (exact) mass is 518 g/mol. The molecule has 0 aromatic heterocycles. The first kappa shape index (κ1) is 26.6. The summed E-state index contributed by atoms with van der Waals surface area (Å²) in [5, 5.41) is 2.13. The lowest BCUT2D eigenvalue weighted by molar-refractivity contribution is -0.137. The van der Waals surface area contributed by atoms with Crippen LogP contribution in [-0.4, -0.2) is 50.8 Å². The highest BCUT2D eigenvalue weighted by atomic mass is 35.5. The van der Waals surface area contributed by atoms with Crippen molar-refractivity contribution in [2.24, 2.45) is 0 Å². The molecule has 1 atom stereocenters. The van der Waals surface area contributed by atoms with Gasteiger partial charge in [0.1, 0.15) is 5.75 Å². The third-order valence-electron chi connectivity index (χ3n) is 5.85. The van der Waals surface area contributed by atoms with Gasteiger partial charge >= 0.3 is 6.18 Å². The van der Waals surface area contributed by atoms with Crippen molar-refractivity contribution < 1.29 is 27.4 Å². The summed E-state index contributed by atoms with van der Waals surface area (Å²) in [6.45, 7) is 5.59. The van der Waals surface area contributed by atoms with E-state index in [1.54, 1.807) is 12.1 Å². The molecule has 0 bridgehead atoms. The SMILES string of the molecule is COc1cc(C(CCCN2CCOCC2)C(=O)Nc2cc(Cl)c(Cl)cc2C(F)(F)F)ccc1C. The fraction of sp³-hybridized carbons (Fsp3) is 0.458. The molecular formula is C24H27Cl2F3N2O3. The Balaban J connectivity index is 1.86. The van der Waals surface area contributed by atoms with Crippen LogP contribution in [0.4, 0.5) is 18.9 Å². The number of carbonyl (C=O) groups is 1. The lowest BCUT2D eigenvalue weighted by Crippen LogP contribution is -2.37. The van der Waals surface area contributed by atoms with Crippen molar-refractivity contribution in [1.29, 1.82) is 0 Å². The lowest BCUT2D eigenvalue weighted by atomic mass is 9.91. The summed E-state index contributed by atoms with van der Waals surface area (Å²) in [6, 6.07) is 7.15. The Morgan fingerprint density at radius 2 is 1.85 bits per heavy atom. The van der Waals surface area contributed by atoms with Crippen molar-refractivity contribution >= 4 is 34.8 Å². The maximum atomic E-state index is 13.6. The number of carbonyl (C=O) groups excluding carboxylic acids is 1. The molecule has 1 unspecified atom stereocenters. The van der Waals surface area contributed by atoms with Crippen molar-refractivity contribution in [2.75, 3.05) is 45.3 Å². The third-order valence-corrected chi connectivity index (χ3v) is 6.57. The highest BCUT2D eigenvalue weighted by Crippen LogP contribution is 2.40. The third kappa shape index (κ3) is 6.78. The van der Waals surface area contributed by atoms with Crippen LogP contribution in [0.15, 0.2) is 30.3 Å². The summed E-state index contributed by atoms with van der Waals surface area (Å²) in [6.07, 6.45) is -3.59. The Morgan fingerprint density at radius 1 is 1.18 bits per heavy atom. The smallest absolute Gasteiger partial charge is 0.418 e. The van der Waals surface area contributed by atoms with E-state index in [-0.39, 0.29) is 10.0 Å². The predicted molar refractivity (Wildman–Crippen MR) is 127 cm³/mol. The number of aryl methyl sites for hydroxylation is 1. The molecule has 2 aromatic carbocycles. The van der Waals surface area contributed by atoms with Crippen LogP contribution in [0, 0.1) is 6.92 Å². The lowest BCUT2D eigenvalue weighted by Gasteiger charge is -2.27. The van der Waals surface area contributed by atoms with Crippen LogP contribution in [-0.2, 0) is 15.7 Å². The molecular weight excluding hydrogens is 492 g/mol. The first-order valence-corrected chi connectivity index (χ1v) is 11.7. The highest BCUT2D eigenvalue weighted by molar-refractivity contribution is 6.42. The van der Waals surface area contributed by atoms with E-state index in [9.17, 15) is 18.0 Å². The van der Waals surface area contributed by atoms with Gasteiger partial charge in [-0.3, -0.25) is 9.69 Å². The average Bonchev–Trinajstić information content (AvgIpc) is 2.79. The minimum absolute atomic E-state index is 0.0779. The summed E-state index contributed by atoms with van der Waals surface area (Å²) in [5.74, 6) is -0.642. The molecule has 1 aliphatic heterocycles. The van der Waals surface area contributed by atoms with Crippen LogP contribution in [0.1, 0.15) is 35.4 Å². The van der Waals surface area contributed by atoms with Gasteiger partial charge in [0.05, 0.1) is 47.5 Å². The van der Waals surface area contributed by atoms with Crippen LogP contribution in [0.25, 0.3) is 0 Å². The zero-order valence-corrected chi connectivity index (χ0v) is 20.5. The number of amides is 1. The molecule has 34 heavy (non-hydrogen) atoms. The van der Waals surface area contributed by atoms with E-state index in [1.165, 1.54) is 7.11 Å². The number of anilines is 1. The van der Waals surface area contributed by atoms with Gasteiger partial charge in [0.25, 0.3) is 0 Å². The summed E-state index contributed by atoms with van der Waals surface area (Å²) in [5.41, 5.74) is 0.0751. The quantitative estimate of drug-likeness (QED) is 0.454. The fourth-order valence-electron chi connectivity index (χ4n) is 3.95. The molecule has 1 heterocycles. The van der Waals surface area contributed by atoms with Gasteiger partial charge < -0.3 is 14.8 Å². The van der Waals surface area contributed by atoms with E-state index in [1.807, 2.05) is 13.0 Å². The first-order valence-electron chi connectivity index (χ1n) is 10.9. The number of halogens is 5. The number of nitrogens with zero attached hydrogens (tertiary/aromatic N) is 1. The largest absolute Gasteiger partial charge is 0.496 e. The van der Waals surface area contributed by atoms with E-state index in [0.717, 1.165) is 37.3 Å². The molecule has 1 aliphatic rings. The average molecular weight is 519 g/mol. The molecule has 0 aliphatic carbocycles. The van der Waals surface area contributed by atoms with Crippen molar-refractivity contribution in [3.8, 4) is 5.75 Å². The number of hydrogen-bond donors (Lipinski definition) is 1. The van der Waals surface area contributed by atoms with Gasteiger partial charge in [-0.1, -0.05) is 35.3 Å². The van der Waals surface area contributed by atoms with Crippen LogP contribution < -0.4 is 10.1 Å². The van der Waals surface area contributed by atoms with E-state index < -0.39 is 29.3 Å². The normalized spacial score (nSPS) is 15.7. The fourth-order valence-corrected chi connectivity index (χ4v) is 4.28. The van der Waals surface area contributed by atoms with E-state index in [0.29, 0.717) is 37.4 Å². The Morgan fingerprint density at radius 3 is 2.50 bits per heavy atom. The molecule has 1 saturated heterocycles. The summed E-state index contributed by atoms with van der Waals surface area (Å²) in [7, 11) is 1.53. The van der Waals surface area contributed by atoms with Gasteiger partial charge in [-0.25, -0.2) is 0 Å². The second-order valence-corrected chi connectivity index (χ2v) is 8.99. The van der Waals surface area contributed by atoms with Gasteiger partial charge in [0.2, 0.25) is 5.91 Å². The van der Waals surface area contributed by atoms with E-state index >= 15 is 0 Å². The molecule has 0 spiro atoms. The molecule has 1 amide bonds. The van der Waals surface area contributed by atoms with Gasteiger partial charge in [0.15, 0.2) is 0 Å². The maximum absolute atomic E-state index is 13.6. The first-order chi connectivity index (χ1) is 16.1. The van der Waals surface area contributed by atoms with Crippen molar-refractivity contribution in [3.05, 3.63) is 57.1 Å². The Labute approximate surface area is 207 Å². The molecule has 186 valence electrons. The number of morpholine rings is 1. The predicted octanol–water partition coefficient (Wildman–Crippen LogP) is 6.16. The maximum Gasteiger partial charge on any atom is 0.418 e. The zero-order valence-electron chi connectivity index (χ0n) is 19.0. The second kappa shape index (κ2) is 11.6. The number of ether oxygens (including phenoxy) is 2. The van der Waals surface area contributed by atoms with Crippen LogP contribution in [0.5, 0.6) is 5.75 Å². The van der Waals surface area contributed by atoms with Crippen LogP contribution >= 0.6 is 23.2 Å². The number of nitrogens with one attached hydrogen (secondary N) is 1. The molecule has 2 aromatic rings. The summed E-state index contributed by atoms with van der Waals surface area (Å²) >= 11 is 11.8. The molecule has 1 N–H and O–H groups in total. The van der Waals surface area contributed by atoms with Gasteiger partial charge in [-0.2, -0.15) is 13.2 Å². The second-order valence-electron chi connectivity index (χ2n) is 8.18. The Kier molecular flexibility index (Phi) is 9.09. The van der Waals surface area contributed by atoms with Gasteiger partial charge in [-0.05, 0) is 55.6 Å². The van der Waals surface area contributed by atoms with Crippen molar-refractivity contribution in [1.82, 2.24) is 4.90 Å². The Hall–Kier alpha value is -2.00. The molecule has 10 heteroatoms. The number of benzene rings is 2. The summed E-state index contributed by atoms with van der Waals surface area (Å²) < 4.78 is 51.6. The van der Waals surface area contributed by atoms with Gasteiger partial charge in [-0.15, -0.1) is 0 Å².